The Morgan fingerprint density at radius 3 is 2.44 bits per heavy atom. The average molecular weight is 394 g/mol. The normalized spacial score (nSPS) is 13.9. The van der Waals surface area contributed by atoms with Crippen LogP contribution in [0.2, 0.25) is 0 Å². The Bertz CT molecular complexity index is 988. The standard InChI is InChI=1S/C19H20F2N2O3S/c1-3-22(4-2)27(25,26)15-6-8-18-13(11-15)9-10-23(18)19(24)16-7-5-14(20)12-17(16)21/h5-8,11-12H,3-4,9-10H2,1-2H3. The molecule has 8 heteroatoms. The topological polar surface area (TPSA) is 57.7 Å². The third kappa shape index (κ3) is 3.46. The summed E-state index contributed by atoms with van der Waals surface area (Å²) in [4.78, 5) is 14.2. The fraction of sp³-hybridized carbons (Fsp3) is 0.316. The number of amides is 1. The number of halogens is 2. The molecule has 2 aromatic carbocycles. The van der Waals surface area contributed by atoms with E-state index < -0.39 is 27.6 Å². The predicted molar refractivity (Wildman–Crippen MR) is 98.3 cm³/mol. The van der Waals surface area contributed by atoms with Crippen molar-refractivity contribution in [2.45, 2.75) is 25.2 Å². The lowest BCUT2D eigenvalue weighted by Gasteiger charge is -2.20. The van der Waals surface area contributed by atoms with E-state index in [0.29, 0.717) is 43.4 Å². The van der Waals surface area contributed by atoms with Crippen molar-refractivity contribution < 1.29 is 22.0 Å². The highest BCUT2D eigenvalue weighted by atomic mass is 32.2. The number of sulfonamides is 1. The van der Waals surface area contributed by atoms with E-state index in [2.05, 4.69) is 0 Å². The largest absolute Gasteiger partial charge is 0.308 e. The van der Waals surface area contributed by atoms with Crippen LogP contribution in [-0.4, -0.2) is 38.3 Å². The monoisotopic (exact) mass is 394 g/mol. The van der Waals surface area contributed by atoms with Crippen LogP contribution in [0, 0.1) is 11.6 Å². The predicted octanol–water partition coefficient (Wildman–Crippen LogP) is 3.20. The van der Waals surface area contributed by atoms with E-state index in [1.807, 2.05) is 0 Å². The maximum atomic E-state index is 13.9. The molecule has 0 aliphatic carbocycles. The summed E-state index contributed by atoms with van der Waals surface area (Å²) in [5, 5.41) is 0. The van der Waals surface area contributed by atoms with E-state index in [4.69, 9.17) is 0 Å². The van der Waals surface area contributed by atoms with Crippen molar-refractivity contribution in [3.63, 3.8) is 0 Å². The summed E-state index contributed by atoms with van der Waals surface area (Å²) >= 11 is 0. The lowest BCUT2D eigenvalue weighted by molar-refractivity contribution is 0.0985. The Morgan fingerprint density at radius 1 is 1.11 bits per heavy atom. The zero-order valence-corrected chi connectivity index (χ0v) is 15.9. The first-order chi connectivity index (χ1) is 12.8. The van der Waals surface area contributed by atoms with Crippen LogP contribution >= 0.6 is 0 Å². The molecule has 1 aliphatic rings. The number of fused-ring (bicyclic) bond motifs is 1. The van der Waals surface area contributed by atoms with Gasteiger partial charge in [0.1, 0.15) is 11.6 Å². The molecule has 0 saturated heterocycles. The molecule has 0 aromatic heterocycles. The van der Waals surface area contributed by atoms with Crippen LogP contribution in [0.4, 0.5) is 14.5 Å². The van der Waals surface area contributed by atoms with Crippen molar-refractivity contribution in [1.29, 1.82) is 0 Å². The first-order valence-corrected chi connectivity index (χ1v) is 10.1. The Morgan fingerprint density at radius 2 is 1.81 bits per heavy atom. The summed E-state index contributed by atoms with van der Waals surface area (Å²) in [6, 6.07) is 7.41. The highest BCUT2D eigenvalue weighted by molar-refractivity contribution is 7.89. The Balaban J connectivity index is 1.94. The fourth-order valence-electron chi connectivity index (χ4n) is 3.27. The maximum absolute atomic E-state index is 13.9. The van der Waals surface area contributed by atoms with Crippen LogP contribution in [0.15, 0.2) is 41.3 Å². The van der Waals surface area contributed by atoms with Crippen LogP contribution in [0.3, 0.4) is 0 Å². The molecule has 144 valence electrons. The van der Waals surface area contributed by atoms with E-state index in [9.17, 15) is 22.0 Å². The van der Waals surface area contributed by atoms with Crippen molar-refractivity contribution >= 4 is 21.6 Å². The van der Waals surface area contributed by atoms with Crippen molar-refractivity contribution in [1.82, 2.24) is 4.31 Å². The second-order valence-electron chi connectivity index (χ2n) is 6.21. The minimum atomic E-state index is -3.60. The number of anilines is 1. The van der Waals surface area contributed by atoms with Crippen molar-refractivity contribution in [3.8, 4) is 0 Å². The lowest BCUT2D eigenvalue weighted by atomic mass is 10.1. The number of hydrogen-bond acceptors (Lipinski definition) is 3. The highest BCUT2D eigenvalue weighted by Crippen LogP contribution is 2.32. The van der Waals surface area contributed by atoms with Gasteiger partial charge in [0.25, 0.3) is 5.91 Å². The summed E-state index contributed by atoms with van der Waals surface area (Å²) < 4.78 is 53.7. The summed E-state index contributed by atoms with van der Waals surface area (Å²) in [7, 11) is -3.60. The van der Waals surface area contributed by atoms with E-state index in [-0.39, 0.29) is 10.5 Å². The molecule has 0 N–H and O–H groups in total. The number of hydrogen-bond donors (Lipinski definition) is 0. The van der Waals surface area contributed by atoms with Gasteiger partial charge in [-0.15, -0.1) is 0 Å². The lowest BCUT2D eigenvalue weighted by Crippen LogP contribution is -2.31. The minimum absolute atomic E-state index is 0.173. The average Bonchev–Trinajstić information content (AvgIpc) is 3.05. The molecule has 5 nitrogen and oxygen atoms in total. The molecule has 1 aliphatic heterocycles. The number of carbonyl (C=O) groups excluding carboxylic acids is 1. The second kappa shape index (κ2) is 7.36. The summed E-state index contributed by atoms with van der Waals surface area (Å²) in [5.74, 6) is -2.25. The van der Waals surface area contributed by atoms with Crippen molar-refractivity contribution in [2.24, 2.45) is 0 Å². The van der Waals surface area contributed by atoms with Crippen LogP contribution in [0.25, 0.3) is 0 Å². The van der Waals surface area contributed by atoms with Crippen molar-refractivity contribution in [3.05, 3.63) is 59.2 Å². The van der Waals surface area contributed by atoms with Crippen LogP contribution in [0.1, 0.15) is 29.8 Å². The van der Waals surface area contributed by atoms with Crippen LogP contribution in [-0.2, 0) is 16.4 Å². The molecule has 0 spiro atoms. The Labute approximate surface area is 157 Å². The van der Waals surface area contributed by atoms with Gasteiger partial charge in [0, 0.05) is 31.4 Å². The molecule has 2 aromatic rings. The fourth-order valence-corrected chi connectivity index (χ4v) is 4.78. The highest BCUT2D eigenvalue weighted by Gasteiger charge is 2.30. The minimum Gasteiger partial charge on any atom is -0.308 e. The molecule has 1 heterocycles. The number of rotatable bonds is 5. The summed E-state index contributed by atoms with van der Waals surface area (Å²) in [5.41, 5.74) is 1.03. The van der Waals surface area contributed by atoms with Crippen molar-refractivity contribution in [2.75, 3.05) is 24.5 Å². The Kier molecular flexibility index (Phi) is 5.30. The molecule has 0 fully saturated rings. The second-order valence-corrected chi connectivity index (χ2v) is 8.15. The van der Waals surface area contributed by atoms with Gasteiger partial charge in [-0.1, -0.05) is 13.8 Å². The Hall–Kier alpha value is -2.32. The molecule has 0 atom stereocenters. The first-order valence-electron chi connectivity index (χ1n) is 8.69. The maximum Gasteiger partial charge on any atom is 0.261 e. The first kappa shape index (κ1) is 19.4. The molecule has 0 radical (unpaired) electrons. The van der Waals surface area contributed by atoms with Gasteiger partial charge >= 0.3 is 0 Å². The van der Waals surface area contributed by atoms with E-state index in [1.54, 1.807) is 26.0 Å². The molecule has 0 unspecified atom stereocenters. The zero-order chi connectivity index (χ0) is 19.8. The quantitative estimate of drug-likeness (QED) is 0.783. The van der Waals surface area contributed by atoms with Crippen LogP contribution in [0.5, 0.6) is 0 Å². The van der Waals surface area contributed by atoms with Gasteiger partial charge in [-0.3, -0.25) is 4.79 Å². The third-order valence-corrected chi connectivity index (χ3v) is 6.74. The smallest absolute Gasteiger partial charge is 0.261 e. The molecule has 3 rings (SSSR count). The SMILES string of the molecule is CCN(CC)S(=O)(=O)c1ccc2c(c1)CCN2C(=O)c1ccc(F)cc1F. The van der Waals surface area contributed by atoms with Gasteiger partial charge in [0.15, 0.2) is 0 Å². The van der Waals surface area contributed by atoms with E-state index in [1.165, 1.54) is 15.3 Å². The third-order valence-electron chi connectivity index (χ3n) is 4.70. The van der Waals surface area contributed by atoms with Gasteiger partial charge < -0.3 is 4.90 Å². The van der Waals surface area contributed by atoms with Crippen LogP contribution < -0.4 is 4.90 Å². The van der Waals surface area contributed by atoms with Gasteiger partial charge in [0.05, 0.1) is 10.5 Å². The van der Waals surface area contributed by atoms with Gasteiger partial charge in [0.2, 0.25) is 10.0 Å². The van der Waals surface area contributed by atoms with E-state index >= 15 is 0 Å². The summed E-state index contributed by atoms with van der Waals surface area (Å²) in [6.07, 6.45) is 0.464. The molecule has 27 heavy (non-hydrogen) atoms. The molecular formula is C19H20F2N2O3S. The van der Waals surface area contributed by atoms with Gasteiger partial charge in [-0.25, -0.2) is 17.2 Å². The molecular weight excluding hydrogens is 374 g/mol. The number of benzene rings is 2. The number of carbonyl (C=O) groups is 1. The number of nitrogens with zero attached hydrogens (tertiary/aromatic N) is 2. The summed E-state index contributed by atoms with van der Waals surface area (Å²) in [6.45, 7) is 4.58. The van der Waals surface area contributed by atoms with E-state index in [0.717, 1.165) is 12.1 Å². The molecule has 0 saturated carbocycles. The van der Waals surface area contributed by atoms with Gasteiger partial charge in [-0.05, 0) is 42.3 Å². The zero-order valence-electron chi connectivity index (χ0n) is 15.1. The molecule has 1 amide bonds. The van der Waals surface area contributed by atoms with Gasteiger partial charge in [-0.2, -0.15) is 4.31 Å². The molecule has 0 bridgehead atoms.